The third-order valence-electron chi connectivity index (χ3n) is 6.15. The minimum Gasteiger partial charge on any atom is -0.458 e. The van der Waals surface area contributed by atoms with E-state index in [4.69, 9.17) is 9.47 Å². The van der Waals surface area contributed by atoms with Crippen LogP contribution in [0.4, 0.5) is 0 Å². The molecule has 38 heavy (non-hydrogen) atoms. The molecule has 0 heterocycles. The normalized spacial score (nSPS) is 10.5. The van der Waals surface area contributed by atoms with Crippen molar-refractivity contribution in [3.8, 4) is 22.3 Å². The maximum Gasteiger partial charge on any atom is 0.306 e. The van der Waals surface area contributed by atoms with E-state index in [1.54, 1.807) is 0 Å². The number of ether oxygens (including phenoxy) is 2. The van der Waals surface area contributed by atoms with Crippen LogP contribution in [-0.2, 0) is 36.7 Å². The Labute approximate surface area is 223 Å². The smallest absolute Gasteiger partial charge is 0.306 e. The van der Waals surface area contributed by atoms with Crippen molar-refractivity contribution in [2.75, 3.05) is 13.2 Å². The Morgan fingerprint density at radius 2 is 0.789 bits per heavy atom. The molecule has 4 aromatic carbocycles. The van der Waals surface area contributed by atoms with E-state index in [1.165, 1.54) is 0 Å². The highest BCUT2D eigenvalue weighted by Crippen LogP contribution is 2.21. The summed E-state index contributed by atoms with van der Waals surface area (Å²) >= 11 is 0. The fraction of sp³-hybridized carbons (Fsp3) is 0.182. The summed E-state index contributed by atoms with van der Waals surface area (Å²) in [6.07, 6.45) is 1.37. The van der Waals surface area contributed by atoms with Gasteiger partial charge >= 0.3 is 11.9 Å². The lowest BCUT2D eigenvalue weighted by Crippen LogP contribution is -2.20. The summed E-state index contributed by atoms with van der Waals surface area (Å²) in [6, 6.07) is 36.1. The molecule has 0 saturated heterocycles. The molecule has 5 heteroatoms. The quantitative estimate of drug-likeness (QED) is 0.213. The van der Waals surface area contributed by atoms with Crippen LogP contribution in [0.2, 0.25) is 0 Å². The Balaban J connectivity index is 1.10. The van der Waals surface area contributed by atoms with Crippen LogP contribution >= 0.6 is 0 Å². The molecule has 0 aromatic heterocycles. The molecule has 0 unspecified atom stereocenters. The number of hydrogen-bond acceptors (Lipinski definition) is 5. The van der Waals surface area contributed by atoms with Crippen LogP contribution < -0.4 is 0 Å². The van der Waals surface area contributed by atoms with Crippen LogP contribution in [0.3, 0.4) is 0 Å². The van der Waals surface area contributed by atoms with Crippen molar-refractivity contribution in [3.63, 3.8) is 0 Å². The van der Waals surface area contributed by atoms with E-state index in [9.17, 15) is 14.4 Å². The number of rotatable bonds is 12. The molecule has 192 valence electrons. The summed E-state index contributed by atoms with van der Waals surface area (Å²) in [6.45, 7) is -0.806. The summed E-state index contributed by atoms with van der Waals surface area (Å²) in [7, 11) is 0. The summed E-state index contributed by atoms with van der Waals surface area (Å²) < 4.78 is 10.1. The number of hydrogen-bond donors (Lipinski definition) is 0. The minimum absolute atomic E-state index is 0.167. The van der Waals surface area contributed by atoms with Crippen LogP contribution in [0.1, 0.15) is 24.0 Å². The monoisotopic (exact) mass is 506 g/mol. The van der Waals surface area contributed by atoms with E-state index in [-0.39, 0.29) is 12.8 Å². The van der Waals surface area contributed by atoms with Gasteiger partial charge in [0.05, 0.1) is 0 Å². The average Bonchev–Trinajstić information content (AvgIpc) is 2.98. The van der Waals surface area contributed by atoms with Crippen LogP contribution in [0.25, 0.3) is 22.3 Å². The molecule has 0 spiro atoms. The first-order chi connectivity index (χ1) is 18.6. The third-order valence-corrected chi connectivity index (χ3v) is 6.15. The molecule has 4 rings (SSSR count). The molecule has 5 nitrogen and oxygen atoms in total. The molecule has 0 saturated carbocycles. The van der Waals surface area contributed by atoms with Gasteiger partial charge in [0.1, 0.15) is 0 Å². The molecule has 0 N–H and O–H groups in total. The van der Waals surface area contributed by atoms with Crippen LogP contribution in [0.5, 0.6) is 0 Å². The highest BCUT2D eigenvalue weighted by molar-refractivity contribution is 5.85. The first-order valence-corrected chi connectivity index (χ1v) is 12.7. The molecule has 0 aliphatic rings. The zero-order chi connectivity index (χ0) is 26.6. The minimum atomic E-state index is -0.462. The number of aryl methyl sites for hydroxylation is 2. The maximum absolute atomic E-state index is 12.0. The topological polar surface area (TPSA) is 69.7 Å². The number of benzene rings is 4. The Morgan fingerprint density at radius 1 is 0.447 bits per heavy atom. The Morgan fingerprint density at radius 3 is 1.16 bits per heavy atom. The lowest BCUT2D eigenvalue weighted by molar-refractivity contribution is -0.153. The zero-order valence-electron chi connectivity index (χ0n) is 21.2. The Kier molecular flexibility index (Phi) is 9.57. The number of Topliss-reactive ketones (excluding diaryl/α,β-unsaturated/α-hetero) is 1. The summed E-state index contributed by atoms with van der Waals surface area (Å²) in [5.41, 5.74) is 6.51. The van der Waals surface area contributed by atoms with Crippen molar-refractivity contribution in [1.29, 1.82) is 0 Å². The predicted molar refractivity (Wildman–Crippen MR) is 147 cm³/mol. The van der Waals surface area contributed by atoms with Gasteiger partial charge in [-0.25, -0.2) is 0 Å². The van der Waals surface area contributed by atoms with Gasteiger partial charge in [0.2, 0.25) is 5.78 Å². The van der Waals surface area contributed by atoms with Gasteiger partial charge in [-0.1, -0.05) is 109 Å². The number of ketones is 1. The van der Waals surface area contributed by atoms with Gasteiger partial charge in [0.15, 0.2) is 13.2 Å². The first-order valence-electron chi connectivity index (χ1n) is 12.7. The van der Waals surface area contributed by atoms with Gasteiger partial charge < -0.3 is 9.47 Å². The molecule has 4 aromatic rings. The molecular formula is C33H30O5. The highest BCUT2D eigenvalue weighted by Gasteiger charge is 2.12. The Hall–Kier alpha value is -4.51. The van der Waals surface area contributed by atoms with E-state index in [0.29, 0.717) is 12.8 Å². The number of carbonyl (C=O) groups is 3. The van der Waals surface area contributed by atoms with Crippen molar-refractivity contribution in [1.82, 2.24) is 0 Å². The fourth-order valence-corrected chi connectivity index (χ4v) is 3.99. The van der Waals surface area contributed by atoms with Gasteiger partial charge in [-0.3, -0.25) is 14.4 Å². The van der Waals surface area contributed by atoms with E-state index >= 15 is 0 Å². The summed E-state index contributed by atoms with van der Waals surface area (Å²) in [4.78, 5) is 36.1. The van der Waals surface area contributed by atoms with Crippen molar-refractivity contribution in [2.45, 2.75) is 25.7 Å². The van der Waals surface area contributed by atoms with E-state index < -0.39 is 30.9 Å². The SMILES string of the molecule is O=C(COC(=O)CCc1ccc(-c2ccccc2)cc1)COC(=O)CCc1ccc(-c2ccccc2)cc1. The van der Waals surface area contributed by atoms with Gasteiger partial charge in [0, 0.05) is 12.8 Å². The van der Waals surface area contributed by atoms with E-state index in [2.05, 4.69) is 0 Å². The maximum atomic E-state index is 12.0. The van der Waals surface area contributed by atoms with Gasteiger partial charge in [0.25, 0.3) is 0 Å². The van der Waals surface area contributed by atoms with Gasteiger partial charge in [-0.05, 0) is 46.2 Å². The van der Waals surface area contributed by atoms with Crippen LogP contribution in [-0.4, -0.2) is 30.9 Å². The van der Waals surface area contributed by atoms with Crippen molar-refractivity contribution >= 4 is 17.7 Å². The van der Waals surface area contributed by atoms with Crippen molar-refractivity contribution in [2.24, 2.45) is 0 Å². The molecule has 0 atom stereocenters. The zero-order valence-corrected chi connectivity index (χ0v) is 21.2. The molecule has 0 fully saturated rings. The van der Waals surface area contributed by atoms with Crippen molar-refractivity contribution < 1.29 is 23.9 Å². The lowest BCUT2D eigenvalue weighted by Gasteiger charge is -2.07. The lowest BCUT2D eigenvalue weighted by atomic mass is 10.0. The molecule has 0 aliphatic carbocycles. The first kappa shape index (κ1) is 26.6. The van der Waals surface area contributed by atoms with Gasteiger partial charge in [-0.2, -0.15) is 0 Å². The fourth-order valence-electron chi connectivity index (χ4n) is 3.99. The molecule has 0 amide bonds. The second kappa shape index (κ2) is 13.7. The molecule has 0 radical (unpaired) electrons. The number of esters is 2. The number of carbonyl (C=O) groups excluding carboxylic acids is 3. The molecule has 0 aliphatic heterocycles. The summed E-state index contributed by atoms with van der Waals surface area (Å²) in [5, 5.41) is 0. The highest BCUT2D eigenvalue weighted by atomic mass is 16.6. The van der Waals surface area contributed by atoms with Crippen LogP contribution in [0, 0.1) is 0 Å². The third kappa shape index (κ3) is 8.27. The molecule has 0 bridgehead atoms. The largest absolute Gasteiger partial charge is 0.458 e. The Bertz CT molecular complexity index is 1220. The average molecular weight is 507 g/mol. The van der Waals surface area contributed by atoms with Crippen LogP contribution in [0.15, 0.2) is 109 Å². The molecular weight excluding hydrogens is 476 g/mol. The van der Waals surface area contributed by atoms with Gasteiger partial charge in [-0.15, -0.1) is 0 Å². The standard InChI is InChI=1S/C33H30O5/c34-31(23-37-32(35)21-15-25-11-17-29(18-12-25)27-7-3-1-4-8-27)24-38-33(36)22-16-26-13-19-30(20-14-26)28-9-5-2-6-10-28/h1-14,17-20H,15-16,21-24H2. The van der Waals surface area contributed by atoms with E-state index in [0.717, 1.165) is 33.4 Å². The summed E-state index contributed by atoms with van der Waals surface area (Å²) in [5.74, 6) is -1.38. The van der Waals surface area contributed by atoms with E-state index in [1.807, 2.05) is 109 Å². The second-order valence-corrected chi connectivity index (χ2v) is 8.99. The second-order valence-electron chi connectivity index (χ2n) is 8.99. The van der Waals surface area contributed by atoms with Crippen molar-refractivity contribution in [3.05, 3.63) is 120 Å². The predicted octanol–water partition coefficient (Wildman–Crippen LogP) is 6.24.